The van der Waals surface area contributed by atoms with Crippen molar-refractivity contribution in [3.63, 3.8) is 0 Å². The highest BCUT2D eigenvalue weighted by molar-refractivity contribution is 7.92. The van der Waals surface area contributed by atoms with Gasteiger partial charge in [0.1, 0.15) is 0 Å². The Kier molecular flexibility index (Phi) is 3.71. The quantitative estimate of drug-likeness (QED) is 0.890. The van der Waals surface area contributed by atoms with Crippen LogP contribution in [0.1, 0.15) is 37.8 Å². The highest BCUT2D eigenvalue weighted by atomic mass is 32.2. The van der Waals surface area contributed by atoms with E-state index in [1.54, 1.807) is 6.07 Å². The van der Waals surface area contributed by atoms with Gasteiger partial charge in [0.05, 0.1) is 12.3 Å². The Morgan fingerprint density at radius 3 is 2.89 bits per heavy atom. The summed E-state index contributed by atoms with van der Waals surface area (Å²) in [6, 6.07) is 5.61. The molecular formula is C13H18N2O2S. The molecule has 0 unspecified atom stereocenters. The zero-order valence-corrected chi connectivity index (χ0v) is 11.5. The zero-order valence-electron chi connectivity index (χ0n) is 10.7. The average Bonchev–Trinajstić information content (AvgIpc) is 2.68. The molecule has 0 fully saturated rings. The van der Waals surface area contributed by atoms with Crippen LogP contribution in [-0.2, 0) is 16.6 Å². The number of nitrogens with one attached hydrogen (secondary N) is 1. The van der Waals surface area contributed by atoms with E-state index in [4.69, 9.17) is 0 Å². The lowest BCUT2D eigenvalue weighted by Gasteiger charge is -2.09. The van der Waals surface area contributed by atoms with Crippen LogP contribution in [0, 0.1) is 0 Å². The normalized spacial score (nSPS) is 14.2. The van der Waals surface area contributed by atoms with Gasteiger partial charge in [-0.3, -0.25) is 9.71 Å². The van der Waals surface area contributed by atoms with Crippen molar-refractivity contribution < 1.29 is 8.42 Å². The molecular weight excluding hydrogens is 248 g/mol. The van der Waals surface area contributed by atoms with Crippen molar-refractivity contribution in [2.24, 2.45) is 4.99 Å². The minimum Gasteiger partial charge on any atom is -0.285 e. The van der Waals surface area contributed by atoms with Crippen LogP contribution in [0.15, 0.2) is 23.2 Å². The Hall–Kier alpha value is -1.36. The maximum absolute atomic E-state index is 11.8. The molecule has 0 aliphatic carbocycles. The molecule has 0 saturated heterocycles. The monoisotopic (exact) mass is 266 g/mol. The number of hydrogen-bond donors (Lipinski definition) is 1. The number of rotatable bonds is 5. The molecule has 0 saturated carbocycles. The van der Waals surface area contributed by atoms with Gasteiger partial charge in [-0.2, -0.15) is 0 Å². The maximum Gasteiger partial charge on any atom is 0.232 e. The van der Waals surface area contributed by atoms with Gasteiger partial charge in [0.25, 0.3) is 0 Å². The topological polar surface area (TPSA) is 58.5 Å². The van der Waals surface area contributed by atoms with E-state index in [0.29, 0.717) is 18.7 Å². The summed E-state index contributed by atoms with van der Waals surface area (Å²) in [5.41, 5.74) is 3.80. The van der Waals surface area contributed by atoms with Crippen LogP contribution in [0.25, 0.3) is 0 Å². The van der Waals surface area contributed by atoms with Gasteiger partial charge < -0.3 is 0 Å². The second kappa shape index (κ2) is 5.10. The van der Waals surface area contributed by atoms with E-state index in [2.05, 4.69) is 9.71 Å². The molecule has 0 spiro atoms. The molecule has 4 nitrogen and oxygen atoms in total. The van der Waals surface area contributed by atoms with Crippen LogP contribution in [0.4, 0.5) is 5.69 Å². The largest absolute Gasteiger partial charge is 0.285 e. The molecule has 1 heterocycles. The van der Waals surface area contributed by atoms with Crippen LogP contribution in [0.2, 0.25) is 0 Å². The van der Waals surface area contributed by atoms with Crippen molar-refractivity contribution >= 4 is 21.4 Å². The van der Waals surface area contributed by atoms with E-state index in [1.165, 1.54) is 0 Å². The summed E-state index contributed by atoms with van der Waals surface area (Å²) in [7, 11) is -3.22. The van der Waals surface area contributed by atoms with Gasteiger partial charge in [-0.15, -0.1) is 0 Å². The third kappa shape index (κ3) is 2.90. The molecule has 5 heteroatoms. The number of hydrogen-bond acceptors (Lipinski definition) is 3. The molecule has 1 aliphatic heterocycles. The number of aliphatic imine (C=N–C) groups is 1. The summed E-state index contributed by atoms with van der Waals surface area (Å²) in [5.74, 6) is 0.174. The Morgan fingerprint density at radius 2 is 2.17 bits per heavy atom. The minimum absolute atomic E-state index is 0.174. The fraction of sp³-hybridized carbons (Fsp3) is 0.462. The lowest BCUT2D eigenvalue weighted by Crippen LogP contribution is -2.16. The maximum atomic E-state index is 11.8. The average molecular weight is 266 g/mol. The third-order valence-corrected chi connectivity index (χ3v) is 4.40. The predicted octanol–water partition coefficient (Wildman–Crippen LogP) is 2.55. The number of unbranched alkanes of at least 4 members (excludes halogenated alkanes) is 1. The molecule has 18 heavy (non-hydrogen) atoms. The molecule has 98 valence electrons. The number of nitrogens with zero attached hydrogens (tertiary/aromatic N) is 1. The van der Waals surface area contributed by atoms with Crippen molar-refractivity contribution in [3.05, 3.63) is 29.3 Å². The molecule has 2 rings (SSSR count). The summed E-state index contributed by atoms with van der Waals surface area (Å²) in [4.78, 5) is 4.33. The van der Waals surface area contributed by atoms with Gasteiger partial charge >= 0.3 is 0 Å². The summed E-state index contributed by atoms with van der Waals surface area (Å²) in [6.45, 7) is 4.62. The van der Waals surface area contributed by atoms with Gasteiger partial charge in [0.15, 0.2) is 0 Å². The molecule has 0 amide bonds. The zero-order chi connectivity index (χ0) is 13.2. The van der Waals surface area contributed by atoms with Crippen molar-refractivity contribution in [3.8, 4) is 0 Å². The molecule has 1 aromatic rings. The summed E-state index contributed by atoms with van der Waals surface area (Å²) >= 11 is 0. The Bertz CT molecular complexity index is 577. The fourth-order valence-corrected chi connectivity index (χ4v) is 3.23. The van der Waals surface area contributed by atoms with Crippen LogP contribution >= 0.6 is 0 Å². The first-order valence-corrected chi connectivity index (χ1v) is 7.82. The second-order valence-corrected chi connectivity index (χ2v) is 6.39. The number of sulfonamides is 1. The van der Waals surface area contributed by atoms with E-state index in [1.807, 2.05) is 26.0 Å². The van der Waals surface area contributed by atoms with Crippen LogP contribution < -0.4 is 4.72 Å². The van der Waals surface area contributed by atoms with Crippen molar-refractivity contribution in [2.75, 3.05) is 10.5 Å². The fourth-order valence-electron chi connectivity index (χ4n) is 1.97. The van der Waals surface area contributed by atoms with Crippen LogP contribution in [-0.4, -0.2) is 19.9 Å². The molecule has 1 aromatic carbocycles. The molecule has 0 aromatic heterocycles. The van der Waals surface area contributed by atoms with Gasteiger partial charge in [-0.05, 0) is 31.0 Å². The first kappa shape index (κ1) is 13.1. The number of anilines is 1. The van der Waals surface area contributed by atoms with Crippen LogP contribution in [0.3, 0.4) is 0 Å². The lowest BCUT2D eigenvalue weighted by molar-refractivity contribution is 0.598. The number of fused-ring (bicyclic) bond motifs is 1. The third-order valence-electron chi connectivity index (χ3n) is 3.03. The number of benzene rings is 1. The predicted molar refractivity (Wildman–Crippen MR) is 74.7 cm³/mol. The van der Waals surface area contributed by atoms with E-state index in [0.717, 1.165) is 23.3 Å². The van der Waals surface area contributed by atoms with E-state index >= 15 is 0 Å². The van der Waals surface area contributed by atoms with E-state index < -0.39 is 10.0 Å². The van der Waals surface area contributed by atoms with Gasteiger partial charge in [0.2, 0.25) is 10.0 Å². The smallest absolute Gasteiger partial charge is 0.232 e. The van der Waals surface area contributed by atoms with Crippen molar-refractivity contribution in [2.45, 2.75) is 33.2 Å². The summed E-state index contributed by atoms with van der Waals surface area (Å²) < 4.78 is 26.2. The van der Waals surface area contributed by atoms with Crippen molar-refractivity contribution in [1.29, 1.82) is 0 Å². The molecule has 1 N–H and O–H groups in total. The first-order chi connectivity index (χ1) is 8.52. The minimum atomic E-state index is -3.22. The Balaban J connectivity index is 2.16. The van der Waals surface area contributed by atoms with Crippen molar-refractivity contribution in [1.82, 2.24) is 0 Å². The highest BCUT2D eigenvalue weighted by Crippen LogP contribution is 2.23. The molecule has 1 aliphatic rings. The van der Waals surface area contributed by atoms with Gasteiger partial charge in [0, 0.05) is 17.0 Å². The SMILES string of the molecule is CCCCS(=O)(=O)Nc1ccc2c(c1)C(C)=NC2. The summed E-state index contributed by atoms with van der Waals surface area (Å²) in [6.07, 6.45) is 1.55. The van der Waals surface area contributed by atoms with E-state index in [-0.39, 0.29) is 5.75 Å². The second-order valence-electron chi connectivity index (χ2n) is 4.55. The Labute approximate surface area is 108 Å². The van der Waals surface area contributed by atoms with Gasteiger partial charge in [-0.25, -0.2) is 8.42 Å². The first-order valence-electron chi connectivity index (χ1n) is 6.16. The lowest BCUT2D eigenvalue weighted by atomic mass is 10.1. The van der Waals surface area contributed by atoms with Gasteiger partial charge in [-0.1, -0.05) is 19.4 Å². The standard InChI is InChI=1S/C13H18N2O2S/c1-3-4-7-18(16,17)15-12-6-5-11-9-14-10(2)13(11)8-12/h5-6,8,15H,3-4,7,9H2,1-2H3. The molecule has 0 atom stereocenters. The highest BCUT2D eigenvalue weighted by Gasteiger charge is 2.15. The van der Waals surface area contributed by atoms with Crippen LogP contribution in [0.5, 0.6) is 0 Å². The summed E-state index contributed by atoms with van der Waals surface area (Å²) in [5, 5.41) is 0. The molecule has 0 bridgehead atoms. The van der Waals surface area contributed by atoms with E-state index in [9.17, 15) is 8.42 Å². The Morgan fingerprint density at radius 1 is 1.39 bits per heavy atom. The molecule has 0 radical (unpaired) electrons.